The van der Waals surface area contributed by atoms with E-state index in [1.807, 2.05) is 0 Å². The van der Waals surface area contributed by atoms with Gasteiger partial charge in [-0.15, -0.1) is 24.5 Å². The fourth-order valence-corrected chi connectivity index (χ4v) is 3.09. The molecule has 3 aromatic rings. The summed E-state index contributed by atoms with van der Waals surface area (Å²) in [6.45, 7) is 1.66. The van der Waals surface area contributed by atoms with E-state index in [0.29, 0.717) is 0 Å². The number of aromatic carboxylic acids is 1. The summed E-state index contributed by atoms with van der Waals surface area (Å²) < 4.78 is 46.7. The van der Waals surface area contributed by atoms with E-state index in [9.17, 15) is 22.8 Å². The monoisotopic (exact) mass is 427 g/mol. The lowest BCUT2D eigenvalue weighted by Crippen LogP contribution is -2.17. The third-order valence-corrected chi connectivity index (χ3v) is 4.28. The van der Waals surface area contributed by atoms with Crippen molar-refractivity contribution >= 4 is 45.0 Å². The zero-order valence-corrected chi connectivity index (χ0v) is 15.4. The molecule has 0 aliphatic heterocycles. The standard InChI is InChI=1S/C17H12F3N3O5S/c1-2-27-15(26)10-6-21-11-4-3-8(28-17(18,19)20)5-9(11)13(10)23-16-22-12(7-29-16)14(24)25/h3-7H,2H2,1H3,(H,24,25)(H,21,22,23). The van der Waals surface area contributed by atoms with Crippen LogP contribution in [-0.4, -0.2) is 40.0 Å². The van der Waals surface area contributed by atoms with E-state index in [2.05, 4.69) is 20.0 Å². The van der Waals surface area contributed by atoms with Crippen LogP contribution in [0.15, 0.2) is 29.8 Å². The number of halogens is 3. The Morgan fingerprint density at radius 2 is 2.07 bits per heavy atom. The predicted molar refractivity (Wildman–Crippen MR) is 96.7 cm³/mol. The van der Waals surface area contributed by atoms with Gasteiger partial charge in [-0.3, -0.25) is 4.98 Å². The van der Waals surface area contributed by atoms with Crippen LogP contribution in [0.4, 0.5) is 24.0 Å². The predicted octanol–water partition coefficient (Wildman–Crippen LogP) is 4.21. The van der Waals surface area contributed by atoms with Gasteiger partial charge in [0.05, 0.1) is 17.8 Å². The number of rotatable bonds is 6. The highest BCUT2D eigenvalue weighted by Gasteiger charge is 2.31. The molecule has 0 unspecified atom stereocenters. The van der Waals surface area contributed by atoms with E-state index < -0.39 is 24.1 Å². The molecule has 12 heteroatoms. The number of anilines is 2. The Labute approximate surface area is 164 Å². The Kier molecular flexibility index (Phi) is 5.55. The van der Waals surface area contributed by atoms with Gasteiger partial charge < -0.3 is 19.9 Å². The first-order valence-corrected chi connectivity index (χ1v) is 8.87. The van der Waals surface area contributed by atoms with E-state index in [0.717, 1.165) is 23.5 Å². The first-order chi connectivity index (χ1) is 13.7. The molecule has 0 spiro atoms. The number of carbonyl (C=O) groups is 2. The molecule has 0 bridgehead atoms. The number of alkyl halides is 3. The molecule has 0 fully saturated rings. The number of hydrogen-bond acceptors (Lipinski definition) is 8. The maximum Gasteiger partial charge on any atom is 0.573 e. The number of hydrogen-bond donors (Lipinski definition) is 2. The van der Waals surface area contributed by atoms with E-state index in [4.69, 9.17) is 9.84 Å². The summed E-state index contributed by atoms with van der Waals surface area (Å²) >= 11 is 0.942. The van der Waals surface area contributed by atoms with Crippen molar-refractivity contribution in [1.29, 1.82) is 0 Å². The maximum atomic E-state index is 12.6. The second kappa shape index (κ2) is 7.91. The molecule has 0 saturated carbocycles. The number of pyridine rings is 1. The quantitative estimate of drug-likeness (QED) is 0.563. The second-order valence-electron chi connectivity index (χ2n) is 5.46. The summed E-state index contributed by atoms with van der Waals surface area (Å²) in [5.74, 6) is -2.52. The van der Waals surface area contributed by atoms with Crippen molar-refractivity contribution in [3.63, 3.8) is 0 Å². The number of aromatic nitrogens is 2. The Balaban J connectivity index is 2.14. The Morgan fingerprint density at radius 3 is 2.69 bits per heavy atom. The number of benzene rings is 1. The summed E-state index contributed by atoms with van der Waals surface area (Å²) in [5.41, 5.74) is 0.0441. The summed E-state index contributed by atoms with van der Waals surface area (Å²) in [4.78, 5) is 31.3. The molecule has 2 N–H and O–H groups in total. The average molecular weight is 427 g/mol. The third kappa shape index (κ3) is 4.71. The van der Waals surface area contributed by atoms with Gasteiger partial charge in [0.1, 0.15) is 11.3 Å². The van der Waals surface area contributed by atoms with E-state index in [1.54, 1.807) is 6.92 Å². The van der Waals surface area contributed by atoms with Gasteiger partial charge >= 0.3 is 18.3 Å². The molecule has 0 atom stereocenters. The van der Waals surface area contributed by atoms with Crippen molar-refractivity contribution in [2.24, 2.45) is 0 Å². The van der Waals surface area contributed by atoms with Crippen molar-refractivity contribution in [3.05, 3.63) is 41.0 Å². The maximum absolute atomic E-state index is 12.6. The number of nitrogens with one attached hydrogen (secondary N) is 1. The summed E-state index contributed by atoms with van der Waals surface area (Å²) in [6, 6.07) is 3.44. The second-order valence-corrected chi connectivity index (χ2v) is 6.32. The van der Waals surface area contributed by atoms with Crippen LogP contribution in [0.3, 0.4) is 0 Å². The minimum absolute atomic E-state index is 0.0596. The van der Waals surface area contributed by atoms with Gasteiger partial charge in [0, 0.05) is 17.0 Å². The molecule has 2 heterocycles. The van der Waals surface area contributed by atoms with Crippen molar-refractivity contribution in [1.82, 2.24) is 9.97 Å². The van der Waals surface area contributed by atoms with Gasteiger partial charge in [-0.05, 0) is 25.1 Å². The molecule has 0 saturated heterocycles. The first kappa shape index (κ1) is 20.3. The van der Waals surface area contributed by atoms with Gasteiger partial charge in [0.15, 0.2) is 10.8 Å². The van der Waals surface area contributed by atoms with Gasteiger partial charge in [0.25, 0.3) is 0 Å². The van der Waals surface area contributed by atoms with E-state index >= 15 is 0 Å². The highest BCUT2D eigenvalue weighted by atomic mass is 32.1. The molecule has 0 amide bonds. The van der Waals surface area contributed by atoms with Crippen LogP contribution >= 0.6 is 11.3 Å². The molecular weight excluding hydrogens is 415 g/mol. The van der Waals surface area contributed by atoms with Gasteiger partial charge in [-0.1, -0.05) is 0 Å². The molecule has 0 radical (unpaired) electrons. The smallest absolute Gasteiger partial charge is 0.476 e. The number of fused-ring (bicyclic) bond motifs is 1. The molecule has 0 aliphatic carbocycles. The first-order valence-electron chi connectivity index (χ1n) is 7.99. The molecule has 152 valence electrons. The summed E-state index contributed by atoms with van der Waals surface area (Å²) in [7, 11) is 0. The van der Waals surface area contributed by atoms with Gasteiger partial charge in [0.2, 0.25) is 0 Å². The van der Waals surface area contributed by atoms with Crippen LogP contribution in [0.25, 0.3) is 10.9 Å². The third-order valence-electron chi connectivity index (χ3n) is 3.52. The topological polar surface area (TPSA) is 111 Å². The van der Waals surface area contributed by atoms with E-state index in [1.165, 1.54) is 17.6 Å². The Hall–Kier alpha value is -3.41. The number of carboxylic acids is 1. The minimum atomic E-state index is -4.90. The Bertz CT molecular complexity index is 1080. The molecule has 8 nitrogen and oxygen atoms in total. The zero-order valence-electron chi connectivity index (χ0n) is 14.6. The van der Waals surface area contributed by atoms with Crippen LogP contribution in [0.1, 0.15) is 27.8 Å². The lowest BCUT2D eigenvalue weighted by atomic mass is 10.1. The highest BCUT2D eigenvalue weighted by molar-refractivity contribution is 7.14. The highest BCUT2D eigenvalue weighted by Crippen LogP contribution is 2.34. The molecule has 0 aliphatic rings. The number of thiazole rings is 1. The molecule has 1 aromatic carbocycles. The van der Waals surface area contributed by atoms with Crippen molar-refractivity contribution in [2.75, 3.05) is 11.9 Å². The molecule has 2 aromatic heterocycles. The fraction of sp³-hybridized carbons (Fsp3) is 0.176. The van der Waals surface area contributed by atoms with Crippen molar-refractivity contribution in [2.45, 2.75) is 13.3 Å². The van der Waals surface area contributed by atoms with Crippen LogP contribution < -0.4 is 10.1 Å². The minimum Gasteiger partial charge on any atom is -0.476 e. The number of nitrogens with zero attached hydrogens (tertiary/aromatic N) is 2. The normalized spacial score (nSPS) is 11.3. The number of carboxylic acid groups (broad SMARTS) is 1. The fourth-order valence-electron chi connectivity index (χ4n) is 2.40. The van der Waals surface area contributed by atoms with Crippen LogP contribution in [0.2, 0.25) is 0 Å². The lowest BCUT2D eigenvalue weighted by molar-refractivity contribution is -0.274. The lowest BCUT2D eigenvalue weighted by Gasteiger charge is -2.14. The van der Waals surface area contributed by atoms with Crippen LogP contribution in [0, 0.1) is 0 Å². The van der Waals surface area contributed by atoms with Crippen molar-refractivity contribution in [3.8, 4) is 5.75 Å². The Morgan fingerprint density at radius 1 is 1.31 bits per heavy atom. The number of esters is 1. The van der Waals surface area contributed by atoms with Gasteiger partial charge in [-0.2, -0.15) is 0 Å². The van der Waals surface area contributed by atoms with Gasteiger partial charge in [-0.25, -0.2) is 14.6 Å². The largest absolute Gasteiger partial charge is 0.573 e. The SMILES string of the molecule is CCOC(=O)c1cnc2ccc(OC(F)(F)F)cc2c1Nc1nc(C(=O)O)cs1. The summed E-state index contributed by atoms with van der Waals surface area (Å²) in [6.07, 6.45) is -3.70. The molecular formula is C17H12F3N3O5S. The molecule has 3 rings (SSSR count). The molecule has 29 heavy (non-hydrogen) atoms. The van der Waals surface area contributed by atoms with Crippen LogP contribution in [-0.2, 0) is 4.74 Å². The zero-order chi connectivity index (χ0) is 21.2. The number of ether oxygens (including phenoxy) is 2. The van der Waals surface area contributed by atoms with Crippen LogP contribution in [0.5, 0.6) is 5.75 Å². The summed E-state index contributed by atoms with van der Waals surface area (Å²) in [5, 5.41) is 13.3. The van der Waals surface area contributed by atoms with Crippen molar-refractivity contribution < 1.29 is 37.3 Å². The van der Waals surface area contributed by atoms with E-state index in [-0.39, 0.29) is 39.6 Å². The average Bonchev–Trinajstić information content (AvgIpc) is 3.10. The number of carbonyl (C=O) groups excluding carboxylic acids is 1.